The van der Waals surface area contributed by atoms with E-state index in [2.05, 4.69) is 10.6 Å². The summed E-state index contributed by atoms with van der Waals surface area (Å²) in [6, 6.07) is 16.5. The average molecular weight is 418 g/mol. The number of benzene rings is 2. The average Bonchev–Trinajstić information content (AvgIpc) is 3.24. The Kier molecular flexibility index (Phi) is 5.36. The molecule has 0 bridgehead atoms. The number of nitrogens with zero attached hydrogens (tertiary/aromatic N) is 2. The maximum atomic E-state index is 13.7. The minimum atomic E-state index is -0.709. The van der Waals surface area contributed by atoms with Crippen molar-refractivity contribution in [2.45, 2.75) is 6.92 Å². The third-order valence-electron chi connectivity index (χ3n) is 4.79. The van der Waals surface area contributed by atoms with Gasteiger partial charge in [-0.3, -0.25) is 9.59 Å². The van der Waals surface area contributed by atoms with Gasteiger partial charge in [0.05, 0.1) is 5.69 Å². The van der Waals surface area contributed by atoms with Crippen molar-refractivity contribution in [3.63, 3.8) is 0 Å². The zero-order valence-corrected chi connectivity index (χ0v) is 16.6. The van der Waals surface area contributed by atoms with Crippen LogP contribution in [0.1, 0.15) is 11.3 Å². The molecule has 31 heavy (non-hydrogen) atoms. The number of urea groups is 1. The Bertz CT molecular complexity index is 1200. The van der Waals surface area contributed by atoms with Crippen molar-refractivity contribution >= 4 is 29.6 Å². The fourth-order valence-corrected chi connectivity index (χ4v) is 3.32. The number of carbonyl (C=O) groups excluding carboxylic acids is 3. The van der Waals surface area contributed by atoms with E-state index in [4.69, 9.17) is 0 Å². The summed E-state index contributed by atoms with van der Waals surface area (Å²) in [6.07, 6.45) is 3.41. The van der Waals surface area contributed by atoms with Crippen LogP contribution in [-0.2, 0) is 9.59 Å². The summed E-state index contributed by atoms with van der Waals surface area (Å²) < 4.78 is 15.7. The Morgan fingerprint density at radius 3 is 2.55 bits per heavy atom. The number of anilines is 1. The Morgan fingerprint density at radius 2 is 1.81 bits per heavy atom. The highest BCUT2D eigenvalue weighted by Crippen LogP contribution is 2.20. The smallest absolute Gasteiger partial charge is 0.322 e. The predicted molar refractivity (Wildman–Crippen MR) is 114 cm³/mol. The minimum absolute atomic E-state index is 0.0203. The van der Waals surface area contributed by atoms with Crippen molar-refractivity contribution in [2.24, 2.45) is 0 Å². The van der Waals surface area contributed by atoms with Gasteiger partial charge in [0.15, 0.2) is 0 Å². The fourth-order valence-electron chi connectivity index (χ4n) is 3.32. The number of hydrogen-bond donors (Lipinski definition) is 2. The number of hydrogen-bond acceptors (Lipinski definition) is 3. The van der Waals surface area contributed by atoms with Gasteiger partial charge >= 0.3 is 6.03 Å². The number of para-hydroxylation sites is 2. The van der Waals surface area contributed by atoms with Crippen LogP contribution in [0.4, 0.5) is 14.9 Å². The van der Waals surface area contributed by atoms with Gasteiger partial charge in [-0.1, -0.05) is 30.3 Å². The standard InChI is InChI=1S/C23H19FN4O3/c1-15-11-16(13-27(15)17-7-3-2-4-8-17)12-20-22(30)28(23(31)26-20)14-21(29)25-19-10-6-5-9-18(19)24/h2-13H,14H2,1H3,(H,25,29)(H,26,31)/b20-12+. The molecule has 1 saturated heterocycles. The number of aromatic nitrogens is 1. The summed E-state index contributed by atoms with van der Waals surface area (Å²) in [5, 5.41) is 4.85. The van der Waals surface area contributed by atoms with Gasteiger partial charge in [0.2, 0.25) is 5.91 Å². The van der Waals surface area contributed by atoms with Crippen molar-refractivity contribution in [3.05, 3.63) is 89.6 Å². The van der Waals surface area contributed by atoms with E-state index < -0.39 is 30.2 Å². The number of imide groups is 1. The molecule has 3 aromatic rings. The molecule has 2 heterocycles. The molecule has 4 amide bonds. The highest BCUT2D eigenvalue weighted by Gasteiger charge is 2.35. The van der Waals surface area contributed by atoms with E-state index in [0.29, 0.717) is 0 Å². The number of nitrogens with one attached hydrogen (secondary N) is 2. The van der Waals surface area contributed by atoms with E-state index in [1.807, 2.05) is 54.1 Å². The van der Waals surface area contributed by atoms with E-state index in [1.54, 1.807) is 12.1 Å². The van der Waals surface area contributed by atoms with Crippen LogP contribution in [0, 0.1) is 12.7 Å². The summed E-state index contributed by atoms with van der Waals surface area (Å²) in [7, 11) is 0. The van der Waals surface area contributed by atoms with E-state index in [1.165, 1.54) is 18.2 Å². The quantitative estimate of drug-likeness (QED) is 0.492. The first kappa shape index (κ1) is 20.1. The lowest BCUT2D eigenvalue weighted by atomic mass is 10.2. The number of rotatable bonds is 5. The van der Waals surface area contributed by atoms with Gasteiger partial charge in [-0.2, -0.15) is 0 Å². The largest absolute Gasteiger partial charge is 0.329 e. The zero-order valence-electron chi connectivity index (χ0n) is 16.6. The summed E-state index contributed by atoms with van der Waals surface area (Å²) in [6.45, 7) is 1.41. The number of amides is 4. The van der Waals surface area contributed by atoms with Crippen molar-refractivity contribution in [1.29, 1.82) is 0 Å². The van der Waals surface area contributed by atoms with Crippen molar-refractivity contribution in [2.75, 3.05) is 11.9 Å². The van der Waals surface area contributed by atoms with E-state index in [-0.39, 0.29) is 11.4 Å². The molecule has 0 spiro atoms. The molecule has 7 nitrogen and oxygen atoms in total. The van der Waals surface area contributed by atoms with E-state index in [0.717, 1.165) is 21.8 Å². The topological polar surface area (TPSA) is 83.4 Å². The molecular formula is C23H19FN4O3. The Labute approximate surface area is 177 Å². The monoisotopic (exact) mass is 418 g/mol. The number of halogens is 1. The molecule has 1 aromatic heterocycles. The van der Waals surface area contributed by atoms with Crippen LogP contribution in [0.3, 0.4) is 0 Å². The second-order valence-corrected chi connectivity index (χ2v) is 7.03. The first-order valence-electron chi connectivity index (χ1n) is 9.56. The molecule has 0 atom stereocenters. The molecule has 1 aliphatic rings. The van der Waals surface area contributed by atoms with Gasteiger partial charge in [-0.25, -0.2) is 14.1 Å². The number of aryl methyl sites for hydroxylation is 1. The molecule has 8 heteroatoms. The summed E-state index contributed by atoms with van der Waals surface area (Å²) in [5.74, 6) is -1.91. The van der Waals surface area contributed by atoms with Gasteiger partial charge < -0.3 is 15.2 Å². The Hall–Kier alpha value is -4.20. The molecule has 2 aromatic carbocycles. The van der Waals surface area contributed by atoms with Crippen LogP contribution >= 0.6 is 0 Å². The SMILES string of the molecule is Cc1cc(/C=C2/NC(=O)N(CC(=O)Nc3ccccc3F)C2=O)cn1-c1ccccc1. The van der Waals surface area contributed by atoms with Gasteiger partial charge in [-0.05, 0) is 48.9 Å². The first-order chi connectivity index (χ1) is 14.9. The van der Waals surface area contributed by atoms with Gasteiger partial charge in [0.25, 0.3) is 5.91 Å². The second-order valence-electron chi connectivity index (χ2n) is 7.03. The van der Waals surface area contributed by atoms with Crippen LogP contribution in [0.5, 0.6) is 0 Å². The highest BCUT2D eigenvalue weighted by molar-refractivity contribution is 6.15. The van der Waals surface area contributed by atoms with E-state index >= 15 is 0 Å². The molecule has 2 N–H and O–H groups in total. The molecule has 0 aliphatic carbocycles. The molecule has 0 radical (unpaired) electrons. The molecule has 4 rings (SSSR count). The van der Waals surface area contributed by atoms with Crippen molar-refractivity contribution in [1.82, 2.24) is 14.8 Å². The Morgan fingerprint density at radius 1 is 1.10 bits per heavy atom. The predicted octanol–water partition coefficient (Wildman–Crippen LogP) is 3.46. The van der Waals surface area contributed by atoms with E-state index in [9.17, 15) is 18.8 Å². The summed E-state index contributed by atoms with van der Waals surface area (Å²) in [4.78, 5) is 37.9. The fraction of sp³-hybridized carbons (Fsp3) is 0.0870. The van der Waals surface area contributed by atoms with Crippen LogP contribution in [0.15, 0.2) is 72.6 Å². The molecule has 156 valence electrons. The van der Waals surface area contributed by atoms with Crippen LogP contribution in [0.2, 0.25) is 0 Å². The summed E-state index contributed by atoms with van der Waals surface area (Å²) in [5.41, 5.74) is 2.69. The second kappa shape index (κ2) is 8.27. The van der Waals surface area contributed by atoms with Crippen LogP contribution in [0.25, 0.3) is 11.8 Å². The normalized spacial score (nSPS) is 14.8. The lowest BCUT2D eigenvalue weighted by molar-refractivity contribution is -0.127. The molecular weight excluding hydrogens is 399 g/mol. The van der Waals surface area contributed by atoms with Crippen LogP contribution in [-0.4, -0.2) is 33.9 Å². The number of carbonyl (C=O) groups is 3. The molecule has 0 saturated carbocycles. The zero-order chi connectivity index (χ0) is 22.0. The minimum Gasteiger partial charge on any atom is -0.322 e. The van der Waals surface area contributed by atoms with Crippen LogP contribution < -0.4 is 10.6 Å². The summed E-state index contributed by atoms with van der Waals surface area (Å²) >= 11 is 0. The van der Waals surface area contributed by atoms with Crippen molar-refractivity contribution in [3.8, 4) is 5.69 Å². The maximum absolute atomic E-state index is 13.7. The third-order valence-corrected chi connectivity index (χ3v) is 4.79. The maximum Gasteiger partial charge on any atom is 0.329 e. The van der Waals surface area contributed by atoms with Crippen molar-refractivity contribution < 1.29 is 18.8 Å². The lowest BCUT2D eigenvalue weighted by Gasteiger charge is -2.12. The molecule has 1 aliphatic heterocycles. The highest BCUT2D eigenvalue weighted by atomic mass is 19.1. The van der Waals surface area contributed by atoms with Gasteiger partial charge in [0.1, 0.15) is 18.1 Å². The van der Waals surface area contributed by atoms with Gasteiger partial charge in [-0.15, -0.1) is 0 Å². The van der Waals surface area contributed by atoms with Gasteiger partial charge in [0, 0.05) is 17.6 Å². The Balaban J connectivity index is 1.49. The first-order valence-corrected chi connectivity index (χ1v) is 9.56. The molecule has 0 unspecified atom stereocenters. The lowest BCUT2D eigenvalue weighted by Crippen LogP contribution is -2.38. The third kappa shape index (κ3) is 4.23. The molecule has 1 fully saturated rings.